The molecular formula is C28H26FN10O3+. The molecule has 0 spiro atoms. The lowest BCUT2D eigenvalue weighted by molar-refractivity contribution is -0.745. The van der Waals surface area contributed by atoms with Gasteiger partial charge in [-0.2, -0.15) is 20.0 Å². The van der Waals surface area contributed by atoms with Crippen molar-refractivity contribution in [2.45, 2.75) is 25.2 Å². The number of carbonyl (C=O) groups is 3. The van der Waals surface area contributed by atoms with Crippen molar-refractivity contribution in [3.05, 3.63) is 79.3 Å². The van der Waals surface area contributed by atoms with Crippen molar-refractivity contribution >= 4 is 34.3 Å². The van der Waals surface area contributed by atoms with Crippen LogP contribution in [0.15, 0.2) is 73.6 Å². The Labute approximate surface area is 238 Å². The minimum Gasteiger partial charge on any atom is -0.364 e. The van der Waals surface area contributed by atoms with Crippen LogP contribution in [-0.4, -0.2) is 71.0 Å². The summed E-state index contributed by atoms with van der Waals surface area (Å²) < 4.78 is 19.5. The third-order valence-electron chi connectivity index (χ3n) is 7.22. The number of hydrogen-bond acceptors (Lipinski definition) is 7. The van der Waals surface area contributed by atoms with Crippen molar-refractivity contribution in [2.75, 3.05) is 11.9 Å². The van der Waals surface area contributed by atoms with Crippen LogP contribution in [0, 0.1) is 0 Å². The molecule has 1 aliphatic rings. The Balaban J connectivity index is 1.26. The number of aromatic nitrogens is 7. The number of nitrogens with two attached hydrogens (primary N) is 1. The number of benzene rings is 2. The lowest BCUT2D eigenvalue weighted by Crippen LogP contribution is -2.45. The summed E-state index contributed by atoms with van der Waals surface area (Å²) in [5, 5.41) is 15.3. The highest BCUT2D eigenvalue weighted by Gasteiger charge is 2.40. The maximum Gasteiger partial charge on any atom is 0.306 e. The average molecular weight is 570 g/mol. The number of nitrogens with zero attached hydrogens (tertiary/aromatic N) is 8. The summed E-state index contributed by atoms with van der Waals surface area (Å²) in [7, 11) is 1.80. The number of anilines is 1. The standard InChI is InChI=1S/C28H25FN10O3/c1-36-15-31-16-39(36)23-5-3-2-4-21(23)34-28(42)24-11-19(29)13-37(24)25(40)14-38-22-7-6-17(18-8-9-32-33-12-18)10-20(22)26(35-38)27(30)41/h2-10,12,15-16,19,24H,11,13-14H2,1H3,(H2-,30,34,41,42)/p+1/t19-,24+/m1/s1. The van der Waals surface area contributed by atoms with Gasteiger partial charge in [-0.3, -0.25) is 19.1 Å². The molecule has 14 heteroatoms. The molecule has 3 N–H and O–H groups in total. The third kappa shape index (κ3) is 4.93. The maximum atomic E-state index is 14.7. The first-order valence-corrected chi connectivity index (χ1v) is 13.1. The molecule has 0 unspecified atom stereocenters. The zero-order chi connectivity index (χ0) is 29.4. The Morgan fingerprint density at radius 2 is 1.95 bits per heavy atom. The fraction of sp³-hybridized carbons (Fsp3) is 0.214. The molecule has 212 valence electrons. The third-order valence-corrected chi connectivity index (χ3v) is 7.22. The number of aryl methyl sites for hydroxylation is 1. The molecule has 2 atom stereocenters. The Morgan fingerprint density at radius 3 is 2.69 bits per heavy atom. The molecule has 0 saturated carbocycles. The molecule has 13 nitrogen and oxygen atoms in total. The van der Waals surface area contributed by atoms with E-state index in [0.717, 1.165) is 11.1 Å². The van der Waals surface area contributed by atoms with E-state index in [9.17, 15) is 18.8 Å². The van der Waals surface area contributed by atoms with Crippen molar-refractivity contribution in [3.8, 4) is 16.8 Å². The lowest BCUT2D eigenvalue weighted by atomic mass is 10.0. The van der Waals surface area contributed by atoms with Gasteiger partial charge in [-0.15, -0.1) is 4.68 Å². The predicted molar refractivity (Wildman–Crippen MR) is 148 cm³/mol. The highest BCUT2D eigenvalue weighted by Crippen LogP contribution is 2.28. The Bertz CT molecular complexity index is 1820. The summed E-state index contributed by atoms with van der Waals surface area (Å²) in [6, 6.07) is 13.1. The van der Waals surface area contributed by atoms with Crippen LogP contribution in [0.25, 0.3) is 27.7 Å². The SMILES string of the molecule is C[n+]1cncn1-c1ccccc1NC(=O)[C@@H]1C[C@@H](F)CN1C(=O)Cn1nc(C(N)=O)c2cc(-c3ccnnc3)ccc21. The van der Waals surface area contributed by atoms with Gasteiger partial charge in [-0.1, -0.05) is 18.2 Å². The van der Waals surface area contributed by atoms with Gasteiger partial charge in [0.1, 0.15) is 31.5 Å². The van der Waals surface area contributed by atoms with Gasteiger partial charge in [0.15, 0.2) is 5.69 Å². The van der Waals surface area contributed by atoms with Crippen molar-refractivity contribution < 1.29 is 23.5 Å². The molecule has 4 heterocycles. The number of fused-ring (bicyclic) bond motifs is 1. The molecule has 3 aromatic heterocycles. The Morgan fingerprint density at radius 1 is 1.12 bits per heavy atom. The highest BCUT2D eigenvalue weighted by atomic mass is 19.1. The fourth-order valence-corrected chi connectivity index (χ4v) is 5.20. The van der Waals surface area contributed by atoms with Crippen LogP contribution in [-0.2, 0) is 23.2 Å². The molecule has 2 aromatic carbocycles. The second-order valence-corrected chi connectivity index (χ2v) is 9.93. The number of amides is 3. The van der Waals surface area contributed by atoms with E-state index in [1.54, 1.807) is 77.9 Å². The van der Waals surface area contributed by atoms with E-state index in [0.29, 0.717) is 22.3 Å². The number of hydrogen-bond donors (Lipinski definition) is 2. The summed E-state index contributed by atoms with van der Waals surface area (Å²) in [6.45, 7) is -0.561. The summed E-state index contributed by atoms with van der Waals surface area (Å²) >= 11 is 0. The summed E-state index contributed by atoms with van der Waals surface area (Å²) in [5.74, 6) is -1.80. The molecule has 42 heavy (non-hydrogen) atoms. The topological polar surface area (TPSA) is 158 Å². The van der Waals surface area contributed by atoms with Crippen molar-refractivity contribution in [3.63, 3.8) is 0 Å². The van der Waals surface area contributed by atoms with Gasteiger partial charge >= 0.3 is 6.33 Å². The number of rotatable bonds is 7. The summed E-state index contributed by atoms with van der Waals surface area (Å²) in [4.78, 5) is 44.5. The van der Waals surface area contributed by atoms with Gasteiger partial charge in [-0.05, 0) is 40.9 Å². The van der Waals surface area contributed by atoms with Crippen LogP contribution in [0.4, 0.5) is 10.1 Å². The molecule has 1 fully saturated rings. The molecule has 0 bridgehead atoms. The van der Waals surface area contributed by atoms with E-state index in [1.807, 2.05) is 12.1 Å². The number of para-hydroxylation sites is 2. The average Bonchev–Trinajstić information content (AvgIpc) is 3.70. The molecular weight excluding hydrogens is 543 g/mol. The van der Waals surface area contributed by atoms with Crippen LogP contribution in [0.1, 0.15) is 16.9 Å². The minimum atomic E-state index is -1.38. The number of halogens is 1. The molecule has 0 radical (unpaired) electrons. The normalized spacial score (nSPS) is 16.6. The predicted octanol–water partition coefficient (Wildman–Crippen LogP) is 1.18. The van der Waals surface area contributed by atoms with Crippen molar-refractivity contribution in [1.82, 2.24) is 34.5 Å². The number of carbonyl (C=O) groups excluding carboxylic acids is 3. The Hall–Kier alpha value is -5.53. The fourth-order valence-electron chi connectivity index (χ4n) is 5.20. The van der Waals surface area contributed by atoms with Gasteiger partial charge in [0.05, 0.1) is 30.1 Å². The van der Waals surface area contributed by atoms with Crippen LogP contribution < -0.4 is 15.7 Å². The van der Waals surface area contributed by atoms with Gasteiger partial charge in [0.2, 0.25) is 18.1 Å². The van der Waals surface area contributed by atoms with Gasteiger partial charge in [0, 0.05) is 17.4 Å². The van der Waals surface area contributed by atoms with Crippen molar-refractivity contribution in [1.29, 1.82) is 0 Å². The number of nitrogens with one attached hydrogen (secondary N) is 1. The maximum absolute atomic E-state index is 14.7. The quantitative estimate of drug-likeness (QED) is 0.279. The first-order valence-electron chi connectivity index (χ1n) is 13.1. The first-order chi connectivity index (χ1) is 20.3. The van der Waals surface area contributed by atoms with Crippen molar-refractivity contribution in [2.24, 2.45) is 12.8 Å². The molecule has 1 saturated heterocycles. The lowest BCUT2D eigenvalue weighted by Gasteiger charge is -2.24. The van der Waals surface area contributed by atoms with Crippen LogP contribution >= 0.6 is 0 Å². The molecule has 0 aliphatic carbocycles. The Kier molecular flexibility index (Phi) is 6.86. The van der Waals surface area contributed by atoms with Gasteiger partial charge in [-0.25, -0.2) is 4.39 Å². The van der Waals surface area contributed by atoms with Gasteiger partial charge in [0.25, 0.3) is 5.91 Å². The van der Waals surface area contributed by atoms with E-state index in [4.69, 9.17) is 5.73 Å². The molecule has 1 aliphatic heterocycles. The summed E-state index contributed by atoms with van der Waals surface area (Å²) in [5.41, 5.74) is 8.75. The largest absolute Gasteiger partial charge is 0.364 e. The zero-order valence-corrected chi connectivity index (χ0v) is 22.5. The summed E-state index contributed by atoms with van der Waals surface area (Å²) in [6.07, 6.45) is 4.82. The second kappa shape index (κ2) is 10.8. The van der Waals surface area contributed by atoms with E-state index < -0.39 is 29.9 Å². The van der Waals surface area contributed by atoms with E-state index in [2.05, 4.69) is 25.6 Å². The molecule has 5 aromatic rings. The van der Waals surface area contributed by atoms with E-state index in [1.165, 1.54) is 9.58 Å². The van der Waals surface area contributed by atoms with Crippen LogP contribution in [0.3, 0.4) is 0 Å². The molecule has 3 amide bonds. The minimum absolute atomic E-state index is 0.00924. The van der Waals surface area contributed by atoms with E-state index in [-0.39, 0.29) is 25.2 Å². The smallest absolute Gasteiger partial charge is 0.306 e. The first kappa shape index (κ1) is 26.7. The zero-order valence-electron chi connectivity index (χ0n) is 22.5. The molecule has 6 rings (SSSR count). The van der Waals surface area contributed by atoms with E-state index >= 15 is 0 Å². The number of likely N-dealkylation sites (tertiary alicyclic amines) is 1. The second-order valence-electron chi connectivity index (χ2n) is 9.93. The number of alkyl halides is 1. The van der Waals surface area contributed by atoms with Gasteiger partial charge < -0.3 is 16.0 Å². The highest BCUT2D eigenvalue weighted by molar-refractivity contribution is 6.05. The van der Waals surface area contributed by atoms with Crippen LogP contribution in [0.5, 0.6) is 0 Å². The monoisotopic (exact) mass is 569 g/mol. The van der Waals surface area contributed by atoms with Crippen LogP contribution in [0.2, 0.25) is 0 Å². The number of primary amides is 1.